The highest BCUT2D eigenvalue weighted by molar-refractivity contribution is 5.71. The van der Waals surface area contributed by atoms with Gasteiger partial charge in [-0.05, 0) is 89.9 Å². The first-order valence-corrected chi connectivity index (χ1v) is 24.0. The quantitative estimate of drug-likeness (QED) is 0.0201. The Kier molecular flexibility index (Phi) is 44.6. The highest BCUT2D eigenvalue weighted by Crippen LogP contribution is 2.12. The largest absolute Gasteiger partial charge is 0.462 e. The third kappa shape index (κ3) is 45.2. The van der Waals surface area contributed by atoms with E-state index in [0.717, 1.165) is 96.3 Å². The van der Waals surface area contributed by atoms with E-state index in [9.17, 15) is 14.4 Å². The standard InChI is InChI=1S/C54H86O6/c1-4-7-10-13-16-19-22-25-26-27-30-32-35-38-41-44-47-53(56)59-50-51(60-54(57)48-45-42-39-36-33-29-24-21-18-15-12-9-6-3)49-58-52(55)46-43-40-37-34-31-28-23-20-17-14-11-8-5-2/h7,9-10,12,15-16,18-19,21,24-26,28-29,31,33,36,39,51H,4-6,8,11,13-14,17,20,22-23,27,30,32,34-35,37-38,40-50H2,1-3H3/b10-7-,12-9-,18-15-,19-16-,24-21-,26-25-,31-28-,33-29-,39-36-. The molecule has 60 heavy (non-hydrogen) atoms. The van der Waals surface area contributed by atoms with Gasteiger partial charge in [0, 0.05) is 19.3 Å². The van der Waals surface area contributed by atoms with Crippen LogP contribution in [0.2, 0.25) is 0 Å². The molecule has 6 nitrogen and oxygen atoms in total. The van der Waals surface area contributed by atoms with Crippen LogP contribution in [0.3, 0.4) is 0 Å². The van der Waals surface area contributed by atoms with Crippen molar-refractivity contribution in [1.82, 2.24) is 0 Å². The Bertz CT molecular complexity index is 1280. The number of hydrogen-bond donors (Lipinski definition) is 0. The van der Waals surface area contributed by atoms with E-state index in [2.05, 4.69) is 75.5 Å². The molecule has 0 aliphatic rings. The molecule has 0 bridgehead atoms. The second-order valence-corrected chi connectivity index (χ2v) is 15.4. The molecule has 0 saturated heterocycles. The third-order valence-corrected chi connectivity index (χ3v) is 9.62. The Balaban J connectivity index is 4.54. The van der Waals surface area contributed by atoms with Gasteiger partial charge < -0.3 is 14.2 Å². The van der Waals surface area contributed by atoms with Gasteiger partial charge in [0.15, 0.2) is 6.10 Å². The molecule has 0 spiro atoms. The fourth-order valence-electron chi connectivity index (χ4n) is 6.07. The van der Waals surface area contributed by atoms with Crippen LogP contribution < -0.4 is 0 Å². The summed E-state index contributed by atoms with van der Waals surface area (Å²) in [6, 6.07) is 0. The van der Waals surface area contributed by atoms with Crippen LogP contribution in [0.1, 0.15) is 194 Å². The predicted octanol–water partition coefficient (Wildman–Crippen LogP) is 15.6. The van der Waals surface area contributed by atoms with Crippen LogP contribution in [-0.4, -0.2) is 37.2 Å². The van der Waals surface area contributed by atoms with Crippen molar-refractivity contribution in [2.24, 2.45) is 0 Å². The summed E-state index contributed by atoms with van der Waals surface area (Å²) in [7, 11) is 0. The first kappa shape index (κ1) is 56.1. The van der Waals surface area contributed by atoms with Crippen LogP contribution >= 0.6 is 0 Å². The smallest absolute Gasteiger partial charge is 0.306 e. The van der Waals surface area contributed by atoms with Crippen LogP contribution in [0.5, 0.6) is 0 Å². The molecule has 0 aromatic rings. The summed E-state index contributed by atoms with van der Waals surface area (Å²) in [6.07, 6.45) is 63.6. The molecule has 0 N–H and O–H groups in total. The molecular formula is C54H86O6. The van der Waals surface area contributed by atoms with Gasteiger partial charge in [-0.25, -0.2) is 0 Å². The zero-order chi connectivity index (χ0) is 43.7. The van der Waals surface area contributed by atoms with Gasteiger partial charge in [-0.2, -0.15) is 0 Å². The molecule has 0 radical (unpaired) electrons. The molecule has 1 unspecified atom stereocenters. The summed E-state index contributed by atoms with van der Waals surface area (Å²) >= 11 is 0. The second-order valence-electron chi connectivity index (χ2n) is 15.4. The molecule has 0 heterocycles. The lowest BCUT2D eigenvalue weighted by Gasteiger charge is -2.18. The average molecular weight is 831 g/mol. The van der Waals surface area contributed by atoms with E-state index in [1.54, 1.807) is 0 Å². The van der Waals surface area contributed by atoms with Crippen molar-refractivity contribution in [1.29, 1.82) is 0 Å². The van der Waals surface area contributed by atoms with Crippen LogP contribution in [0.4, 0.5) is 0 Å². The van der Waals surface area contributed by atoms with Gasteiger partial charge >= 0.3 is 17.9 Å². The molecule has 6 heteroatoms. The summed E-state index contributed by atoms with van der Waals surface area (Å²) in [5.41, 5.74) is 0. The first-order chi connectivity index (χ1) is 29.5. The molecular weight excluding hydrogens is 745 g/mol. The van der Waals surface area contributed by atoms with Gasteiger partial charge in [0.1, 0.15) is 13.2 Å². The number of carbonyl (C=O) groups excluding carboxylic acids is 3. The van der Waals surface area contributed by atoms with Crippen LogP contribution in [-0.2, 0) is 28.6 Å². The maximum absolute atomic E-state index is 12.7. The minimum Gasteiger partial charge on any atom is -0.462 e. The Morgan fingerprint density at radius 3 is 1.28 bits per heavy atom. The molecule has 0 rings (SSSR count). The van der Waals surface area contributed by atoms with Crippen molar-refractivity contribution in [3.8, 4) is 0 Å². The minimum atomic E-state index is -0.827. The number of hydrogen-bond acceptors (Lipinski definition) is 6. The van der Waals surface area contributed by atoms with E-state index in [0.29, 0.717) is 19.3 Å². The van der Waals surface area contributed by atoms with Crippen LogP contribution in [0.25, 0.3) is 0 Å². The van der Waals surface area contributed by atoms with Gasteiger partial charge in [0.05, 0.1) is 0 Å². The Morgan fingerprint density at radius 1 is 0.367 bits per heavy atom. The van der Waals surface area contributed by atoms with Gasteiger partial charge in [-0.15, -0.1) is 0 Å². The molecule has 0 aliphatic heterocycles. The van der Waals surface area contributed by atoms with E-state index in [-0.39, 0.29) is 31.6 Å². The minimum absolute atomic E-state index is 0.121. The molecule has 0 aromatic heterocycles. The molecule has 0 amide bonds. The Hall–Kier alpha value is -3.93. The monoisotopic (exact) mass is 831 g/mol. The number of unbranched alkanes of at least 4 members (excludes halogenated alkanes) is 16. The Morgan fingerprint density at radius 2 is 0.750 bits per heavy atom. The maximum atomic E-state index is 12.7. The van der Waals surface area contributed by atoms with E-state index in [1.165, 1.54) is 51.4 Å². The van der Waals surface area contributed by atoms with E-state index in [4.69, 9.17) is 14.2 Å². The molecule has 0 fully saturated rings. The number of esters is 3. The maximum Gasteiger partial charge on any atom is 0.306 e. The molecule has 1 atom stereocenters. The topological polar surface area (TPSA) is 78.9 Å². The van der Waals surface area contributed by atoms with Crippen molar-refractivity contribution in [3.63, 3.8) is 0 Å². The summed E-state index contributed by atoms with van der Waals surface area (Å²) in [4.78, 5) is 37.8. The number of carbonyl (C=O) groups is 3. The zero-order valence-corrected chi connectivity index (χ0v) is 38.4. The van der Waals surface area contributed by atoms with Gasteiger partial charge in [-0.3, -0.25) is 14.4 Å². The van der Waals surface area contributed by atoms with Crippen LogP contribution in [0, 0.1) is 0 Å². The normalized spacial score (nSPS) is 13.1. The van der Waals surface area contributed by atoms with Gasteiger partial charge in [0.2, 0.25) is 0 Å². The average Bonchev–Trinajstić information content (AvgIpc) is 3.24. The predicted molar refractivity (Wildman–Crippen MR) is 256 cm³/mol. The van der Waals surface area contributed by atoms with E-state index < -0.39 is 12.1 Å². The number of ether oxygens (including phenoxy) is 3. The summed E-state index contributed by atoms with van der Waals surface area (Å²) in [5, 5.41) is 0. The van der Waals surface area contributed by atoms with Crippen molar-refractivity contribution in [3.05, 3.63) is 109 Å². The van der Waals surface area contributed by atoms with Crippen LogP contribution in [0.15, 0.2) is 109 Å². The second kappa shape index (κ2) is 47.7. The van der Waals surface area contributed by atoms with E-state index in [1.807, 2.05) is 54.7 Å². The van der Waals surface area contributed by atoms with E-state index >= 15 is 0 Å². The zero-order valence-electron chi connectivity index (χ0n) is 38.4. The number of allylic oxidation sites excluding steroid dienone is 18. The first-order valence-electron chi connectivity index (χ1n) is 24.0. The van der Waals surface area contributed by atoms with Gasteiger partial charge in [-0.1, -0.05) is 194 Å². The molecule has 0 aromatic carbocycles. The summed E-state index contributed by atoms with van der Waals surface area (Å²) in [5.74, 6) is -1.03. The third-order valence-electron chi connectivity index (χ3n) is 9.62. The number of rotatable bonds is 41. The fraction of sp³-hybridized carbons (Fsp3) is 0.611. The summed E-state index contributed by atoms with van der Waals surface area (Å²) < 4.78 is 16.6. The highest BCUT2D eigenvalue weighted by Gasteiger charge is 2.19. The lowest BCUT2D eigenvalue weighted by molar-refractivity contribution is -0.167. The lowest BCUT2D eigenvalue weighted by atomic mass is 10.1. The lowest BCUT2D eigenvalue weighted by Crippen LogP contribution is -2.30. The Labute approximate surface area is 368 Å². The van der Waals surface area contributed by atoms with Crippen molar-refractivity contribution in [2.75, 3.05) is 13.2 Å². The van der Waals surface area contributed by atoms with Crippen molar-refractivity contribution >= 4 is 17.9 Å². The molecule has 0 aliphatic carbocycles. The van der Waals surface area contributed by atoms with Gasteiger partial charge in [0.25, 0.3) is 0 Å². The fourth-order valence-corrected chi connectivity index (χ4v) is 6.07. The SMILES string of the molecule is CC\C=C/C=C\C=C/C=C\C=C/CCCC(=O)OC(COC(=O)CCCCC/C=C\CCCCCCCC)COC(=O)CCCCCCCC/C=C\C/C=C\C/C=C\CC. The molecule has 0 saturated carbocycles. The van der Waals surface area contributed by atoms with Crippen molar-refractivity contribution < 1.29 is 28.6 Å². The van der Waals surface area contributed by atoms with Crippen molar-refractivity contribution in [2.45, 2.75) is 200 Å². The summed E-state index contributed by atoms with van der Waals surface area (Å²) in [6.45, 7) is 6.26. The highest BCUT2D eigenvalue weighted by atomic mass is 16.6. The molecule has 338 valence electrons.